The zero-order valence-corrected chi connectivity index (χ0v) is 16.0. The first-order valence-electron chi connectivity index (χ1n) is 9.44. The standard InChI is InChI=1S/C20H29N3O3/c1-4-21-15-20(2,3)26-19(25)17(21)14-18(24)23-12-10-22(11-13-23)16-8-6-5-7-9-16/h5-9,17H,4,10-15H2,1-3H3. The molecule has 0 saturated carbocycles. The van der Waals surface area contributed by atoms with Crippen LogP contribution in [0.25, 0.3) is 0 Å². The summed E-state index contributed by atoms with van der Waals surface area (Å²) >= 11 is 0. The Morgan fingerprint density at radius 2 is 1.81 bits per heavy atom. The largest absolute Gasteiger partial charge is 0.457 e. The summed E-state index contributed by atoms with van der Waals surface area (Å²) in [5, 5.41) is 0. The Labute approximate surface area is 155 Å². The van der Waals surface area contributed by atoms with Gasteiger partial charge in [-0.1, -0.05) is 25.1 Å². The summed E-state index contributed by atoms with van der Waals surface area (Å²) in [5.74, 6) is -0.239. The third kappa shape index (κ3) is 4.18. The molecule has 2 aliphatic rings. The van der Waals surface area contributed by atoms with Gasteiger partial charge in [0.1, 0.15) is 11.6 Å². The van der Waals surface area contributed by atoms with E-state index in [4.69, 9.17) is 4.74 Å². The zero-order valence-electron chi connectivity index (χ0n) is 16.0. The fourth-order valence-corrected chi connectivity index (χ4v) is 3.81. The van der Waals surface area contributed by atoms with Crippen LogP contribution in [0.4, 0.5) is 5.69 Å². The molecule has 3 rings (SSSR count). The SMILES string of the molecule is CCN1CC(C)(C)OC(=O)C1CC(=O)N1CCN(c2ccccc2)CC1. The Hall–Kier alpha value is -2.08. The van der Waals surface area contributed by atoms with Gasteiger partial charge in [0.05, 0.1) is 6.42 Å². The molecule has 1 atom stereocenters. The molecule has 6 heteroatoms. The Morgan fingerprint density at radius 1 is 1.15 bits per heavy atom. The van der Waals surface area contributed by atoms with Crippen molar-refractivity contribution < 1.29 is 14.3 Å². The highest BCUT2D eigenvalue weighted by molar-refractivity contribution is 5.86. The van der Waals surface area contributed by atoms with Crippen molar-refractivity contribution in [1.82, 2.24) is 9.80 Å². The van der Waals surface area contributed by atoms with Gasteiger partial charge in [0, 0.05) is 38.4 Å². The van der Waals surface area contributed by atoms with Crippen molar-refractivity contribution in [2.75, 3.05) is 44.2 Å². The van der Waals surface area contributed by atoms with Crippen molar-refractivity contribution in [3.8, 4) is 0 Å². The summed E-state index contributed by atoms with van der Waals surface area (Å²) in [7, 11) is 0. The maximum atomic E-state index is 12.8. The van der Waals surface area contributed by atoms with Crippen molar-refractivity contribution in [2.24, 2.45) is 0 Å². The minimum absolute atomic E-state index is 0.0396. The highest BCUT2D eigenvalue weighted by Gasteiger charge is 2.41. The second kappa shape index (κ2) is 7.66. The summed E-state index contributed by atoms with van der Waals surface area (Å²) < 4.78 is 5.52. The molecule has 1 aromatic carbocycles. The van der Waals surface area contributed by atoms with Gasteiger partial charge >= 0.3 is 5.97 Å². The lowest BCUT2D eigenvalue weighted by Gasteiger charge is -2.42. The number of anilines is 1. The number of esters is 1. The molecule has 0 radical (unpaired) electrons. The summed E-state index contributed by atoms with van der Waals surface area (Å²) in [6.07, 6.45) is 0.202. The van der Waals surface area contributed by atoms with Crippen molar-refractivity contribution in [1.29, 1.82) is 0 Å². The topological polar surface area (TPSA) is 53.1 Å². The average molecular weight is 359 g/mol. The number of amides is 1. The molecule has 2 aliphatic heterocycles. The molecule has 0 N–H and O–H groups in total. The number of para-hydroxylation sites is 1. The number of piperazine rings is 1. The number of hydrogen-bond acceptors (Lipinski definition) is 5. The first-order valence-corrected chi connectivity index (χ1v) is 9.44. The van der Waals surface area contributed by atoms with Gasteiger partial charge in [-0.2, -0.15) is 0 Å². The Balaban J connectivity index is 1.56. The minimum Gasteiger partial charge on any atom is -0.457 e. The van der Waals surface area contributed by atoms with Crippen molar-refractivity contribution in [2.45, 2.75) is 38.8 Å². The lowest BCUT2D eigenvalue weighted by molar-refractivity contribution is -0.179. The fraction of sp³-hybridized carbons (Fsp3) is 0.600. The highest BCUT2D eigenvalue weighted by atomic mass is 16.6. The van der Waals surface area contributed by atoms with Crippen LogP contribution in [0.1, 0.15) is 27.2 Å². The number of carbonyl (C=O) groups is 2. The van der Waals surface area contributed by atoms with E-state index in [1.807, 2.05) is 43.9 Å². The molecule has 6 nitrogen and oxygen atoms in total. The third-order valence-corrected chi connectivity index (χ3v) is 5.20. The van der Waals surface area contributed by atoms with E-state index in [0.717, 1.165) is 19.6 Å². The predicted octanol–water partition coefficient (Wildman–Crippen LogP) is 1.75. The van der Waals surface area contributed by atoms with E-state index in [1.165, 1.54) is 5.69 Å². The van der Waals surface area contributed by atoms with E-state index in [0.29, 0.717) is 19.6 Å². The number of ether oxygens (including phenoxy) is 1. The van der Waals surface area contributed by atoms with Crippen LogP contribution in [0.3, 0.4) is 0 Å². The van der Waals surface area contributed by atoms with Gasteiger partial charge in [-0.25, -0.2) is 0 Å². The molecular formula is C20H29N3O3. The van der Waals surface area contributed by atoms with E-state index >= 15 is 0 Å². The molecule has 142 valence electrons. The molecule has 2 heterocycles. The van der Waals surface area contributed by atoms with Gasteiger partial charge in [0.2, 0.25) is 5.91 Å². The van der Waals surface area contributed by atoms with Crippen LogP contribution in [0.2, 0.25) is 0 Å². The fourth-order valence-electron chi connectivity index (χ4n) is 3.81. The Bertz CT molecular complexity index is 639. The molecule has 2 fully saturated rings. The van der Waals surface area contributed by atoms with E-state index in [1.54, 1.807) is 0 Å². The molecule has 2 saturated heterocycles. The van der Waals surface area contributed by atoms with Crippen LogP contribution in [0.5, 0.6) is 0 Å². The number of nitrogens with zero attached hydrogens (tertiary/aromatic N) is 3. The summed E-state index contributed by atoms with van der Waals surface area (Å²) in [6, 6.07) is 9.79. The Morgan fingerprint density at radius 3 is 2.42 bits per heavy atom. The third-order valence-electron chi connectivity index (χ3n) is 5.20. The smallest absolute Gasteiger partial charge is 0.324 e. The van der Waals surface area contributed by atoms with Gasteiger partial charge in [0.15, 0.2) is 0 Å². The number of cyclic esters (lactones) is 1. The molecular weight excluding hydrogens is 330 g/mol. The number of benzene rings is 1. The van der Waals surface area contributed by atoms with Crippen LogP contribution in [0.15, 0.2) is 30.3 Å². The van der Waals surface area contributed by atoms with Crippen LogP contribution >= 0.6 is 0 Å². The first kappa shape index (κ1) is 18.7. The van der Waals surface area contributed by atoms with E-state index in [9.17, 15) is 9.59 Å². The van der Waals surface area contributed by atoms with E-state index in [2.05, 4.69) is 21.9 Å². The number of hydrogen-bond donors (Lipinski definition) is 0. The normalized spacial score (nSPS) is 23.7. The second-order valence-corrected chi connectivity index (χ2v) is 7.67. The molecule has 0 aliphatic carbocycles. The van der Waals surface area contributed by atoms with Gasteiger partial charge < -0.3 is 14.5 Å². The first-order chi connectivity index (χ1) is 12.4. The minimum atomic E-state index is -0.492. The molecule has 1 amide bonds. The van der Waals surface area contributed by atoms with E-state index < -0.39 is 11.6 Å². The number of likely N-dealkylation sites (N-methyl/N-ethyl adjacent to an activating group) is 1. The van der Waals surface area contributed by atoms with Crippen LogP contribution in [-0.4, -0.2) is 72.6 Å². The number of rotatable bonds is 4. The lowest BCUT2D eigenvalue weighted by Crippen LogP contribution is -2.58. The predicted molar refractivity (Wildman–Crippen MR) is 101 cm³/mol. The maximum absolute atomic E-state index is 12.8. The van der Waals surface area contributed by atoms with Crippen LogP contribution in [0, 0.1) is 0 Å². The Kier molecular flexibility index (Phi) is 5.51. The summed E-state index contributed by atoms with van der Waals surface area (Å²) in [6.45, 7) is 10.2. The van der Waals surface area contributed by atoms with Gasteiger partial charge in [-0.3, -0.25) is 14.5 Å². The van der Waals surface area contributed by atoms with Crippen LogP contribution in [-0.2, 0) is 14.3 Å². The molecule has 1 aromatic rings. The highest BCUT2D eigenvalue weighted by Crippen LogP contribution is 2.24. The molecule has 0 aromatic heterocycles. The van der Waals surface area contributed by atoms with Gasteiger partial charge in [0.25, 0.3) is 0 Å². The molecule has 1 unspecified atom stereocenters. The molecule has 26 heavy (non-hydrogen) atoms. The maximum Gasteiger partial charge on any atom is 0.324 e. The van der Waals surface area contributed by atoms with Gasteiger partial charge in [-0.15, -0.1) is 0 Å². The number of morpholine rings is 1. The van der Waals surface area contributed by atoms with Crippen molar-refractivity contribution in [3.63, 3.8) is 0 Å². The summed E-state index contributed by atoms with van der Waals surface area (Å²) in [4.78, 5) is 31.4. The second-order valence-electron chi connectivity index (χ2n) is 7.67. The average Bonchev–Trinajstić information content (AvgIpc) is 2.64. The summed E-state index contributed by atoms with van der Waals surface area (Å²) in [5.41, 5.74) is 0.698. The van der Waals surface area contributed by atoms with Gasteiger partial charge in [-0.05, 0) is 32.5 Å². The quantitative estimate of drug-likeness (QED) is 0.767. The monoisotopic (exact) mass is 359 g/mol. The van der Waals surface area contributed by atoms with Crippen molar-refractivity contribution in [3.05, 3.63) is 30.3 Å². The molecule has 0 spiro atoms. The van der Waals surface area contributed by atoms with E-state index in [-0.39, 0.29) is 18.3 Å². The zero-order chi connectivity index (χ0) is 18.7. The molecule has 0 bridgehead atoms. The van der Waals surface area contributed by atoms with Crippen LogP contribution < -0.4 is 4.90 Å². The van der Waals surface area contributed by atoms with Crippen molar-refractivity contribution >= 4 is 17.6 Å². The lowest BCUT2D eigenvalue weighted by atomic mass is 10.0. The number of carbonyl (C=O) groups excluding carboxylic acids is 2.